The third kappa shape index (κ3) is 3.10. The molecule has 0 radical (unpaired) electrons. The van der Waals surface area contributed by atoms with Crippen molar-refractivity contribution in [2.75, 3.05) is 18.5 Å². The molecule has 0 saturated carbocycles. The molecule has 0 aromatic carbocycles. The van der Waals surface area contributed by atoms with Gasteiger partial charge >= 0.3 is 0 Å². The van der Waals surface area contributed by atoms with Gasteiger partial charge in [0, 0.05) is 13.2 Å². The molecule has 0 spiro atoms. The van der Waals surface area contributed by atoms with Gasteiger partial charge < -0.3 is 4.90 Å². The van der Waals surface area contributed by atoms with Crippen LogP contribution >= 0.6 is 11.6 Å². The fourth-order valence-corrected chi connectivity index (χ4v) is 0.982. The maximum atomic E-state index is 12.0. The number of alkyl halides is 2. The molecule has 0 atom stereocenters. The van der Waals surface area contributed by atoms with Gasteiger partial charge in [-0.1, -0.05) is 0 Å². The predicted molar refractivity (Wildman–Crippen MR) is 46.3 cm³/mol. The molecule has 1 aromatic heterocycles. The normalized spacial score (nSPS) is 10.5. The molecular formula is C7H8ClF2N3. The van der Waals surface area contributed by atoms with Crippen molar-refractivity contribution in [3.63, 3.8) is 0 Å². The van der Waals surface area contributed by atoms with Crippen molar-refractivity contribution in [1.29, 1.82) is 0 Å². The third-order valence-electron chi connectivity index (χ3n) is 1.41. The van der Waals surface area contributed by atoms with E-state index in [2.05, 4.69) is 9.97 Å². The number of hydrogen-bond acceptors (Lipinski definition) is 3. The molecule has 0 fully saturated rings. The van der Waals surface area contributed by atoms with E-state index >= 15 is 0 Å². The van der Waals surface area contributed by atoms with Crippen molar-refractivity contribution in [3.05, 3.63) is 17.5 Å². The van der Waals surface area contributed by atoms with Gasteiger partial charge in [-0.15, -0.1) is 0 Å². The Morgan fingerprint density at radius 1 is 1.62 bits per heavy atom. The summed E-state index contributed by atoms with van der Waals surface area (Å²) in [5.41, 5.74) is 0. The van der Waals surface area contributed by atoms with Gasteiger partial charge in [0.25, 0.3) is 6.43 Å². The highest BCUT2D eigenvalue weighted by Crippen LogP contribution is 2.11. The van der Waals surface area contributed by atoms with Gasteiger partial charge in [0.05, 0.1) is 6.54 Å². The van der Waals surface area contributed by atoms with E-state index in [1.54, 1.807) is 0 Å². The molecular weight excluding hydrogens is 200 g/mol. The van der Waals surface area contributed by atoms with E-state index < -0.39 is 6.43 Å². The van der Waals surface area contributed by atoms with Crippen LogP contribution in [0.2, 0.25) is 5.28 Å². The van der Waals surface area contributed by atoms with Crippen molar-refractivity contribution in [3.8, 4) is 0 Å². The number of rotatable bonds is 3. The summed E-state index contributed by atoms with van der Waals surface area (Å²) in [4.78, 5) is 8.73. The molecule has 0 N–H and O–H groups in total. The molecule has 0 saturated heterocycles. The molecule has 1 aromatic rings. The first-order valence-corrected chi connectivity index (χ1v) is 3.95. The molecule has 1 heterocycles. The highest BCUT2D eigenvalue weighted by atomic mass is 35.5. The monoisotopic (exact) mass is 207 g/mol. The lowest BCUT2D eigenvalue weighted by molar-refractivity contribution is 0.156. The minimum atomic E-state index is -2.39. The largest absolute Gasteiger partial charge is 0.354 e. The van der Waals surface area contributed by atoms with E-state index in [0.717, 1.165) is 0 Å². The lowest BCUT2D eigenvalue weighted by Gasteiger charge is -2.16. The van der Waals surface area contributed by atoms with E-state index in [4.69, 9.17) is 11.6 Å². The van der Waals surface area contributed by atoms with Crippen molar-refractivity contribution >= 4 is 17.4 Å². The fraction of sp³-hybridized carbons (Fsp3) is 0.429. The molecule has 0 bridgehead atoms. The van der Waals surface area contributed by atoms with E-state index in [9.17, 15) is 8.78 Å². The third-order valence-corrected chi connectivity index (χ3v) is 1.60. The number of hydrogen-bond donors (Lipinski definition) is 0. The summed E-state index contributed by atoms with van der Waals surface area (Å²) < 4.78 is 23.9. The lowest BCUT2D eigenvalue weighted by atomic mass is 10.5. The van der Waals surface area contributed by atoms with Crippen LogP contribution < -0.4 is 4.90 Å². The summed E-state index contributed by atoms with van der Waals surface area (Å²) in [5.74, 6) is 0.389. The molecule has 72 valence electrons. The summed E-state index contributed by atoms with van der Waals surface area (Å²) in [7, 11) is 1.52. The molecule has 0 amide bonds. The van der Waals surface area contributed by atoms with Gasteiger partial charge in [-0.3, -0.25) is 0 Å². The van der Waals surface area contributed by atoms with E-state index in [0.29, 0.717) is 5.82 Å². The number of anilines is 1. The number of halogens is 3. The van der Waals surface area contributed by atoms with E-state index in [1.807, 2.05) is 0 Å². The molecule has 0 aliphatic heterocycles. The Kier molecular flexibility index (Phi) is 3.36. The topological polar surface area (TPSA) is 29.0 Å². The van der Waals surface area contributed by atoms with Crippen molar-refractivity contribution in [2.45, 2.75) is 6.43 Å². The van der Waals surface area contributed by atoms with Gasteiger partial charge in [-0.2, -0.15) is 0 Å². The van der Waals surface area contributed by atoms with Crippen molar-refractivity contribution in [2.24, 2.45) is 0 Å². The second-order valence-corrected chi connectivity index (χ2v) is 2.79. The van der Waals surface area contributed by atoms with Gasteiger partial charge in [-0.25, -0.2) is 18.7 Å². The summed E-state index contributed by atoms with van der Waals surface area (Å²) in [5, 5.41) is 0.0543. The van der Waals surface area contributed by atoms with Crippen LogP contribution in [0.5, 0.6) is 0 Å². The molecule has 13 heavy (non-hydrogen) atoms. The summed E-state index contributed by atoms with van der Waals surface area (Å²) >= 11 is 5.49. The van der Waals surface area contributed by atoms with Gasteiger partial charge in [-0.05, 0) is 17.7 Å². The minimum absolute atomic E-state index is 0.0543. The van der Waals surface area contributed by atoms with E-state index in [1.165, 1.54) is 24.2 Å². The van der Waals surface area contributed by atoms with Crippen LogP contribution in [0, 0.1) is 0 Å². The molecule has 3 nitrogen and oxygen atoms in total. The standard InChI is InChI=1S/C7H8ClF2N3/c1-13(4-5(9)10)6-2-3-11-7(8)12-6/h2-3,5H,4H2,1H3. The Balaban J connectivity index is 2.71. The average Bonchev–Trinajstić information content (AvgIpc) is 2.03. The summed E-state index contributed by atoms with van der Waals surface area (Å²) in [6.45, 7) is -0.368. The Hall–Kier alpha value is -0.970. The maximum absolute atomic E-state index is 12.0. The second-order valence-electron chi connectivity index (χ2n) is 2.46. The quantitative estimate of drug-likeness (QED) is 0.709. The highest BCUT2D eigenvalue weighted by Gasteiger charge is 2.09. The van der Waals surface area contributed by atoms with Crippen molar-refractivity contribution < 1.29 is 8.78 Å². The fourth-order valence-electron chi connectivity index (χ4n) is 0.839. The van der Waals surface area contributed by atoms with Crippen LogP contribution in [-0.2, 0) is 0 Å². The minimum Gasteiger partial charge on any atom is -0.354 e. The van der Waals surface area contributed by atoms with Gasteiger partial charge in [0.2, 0.25) is 5.28 Å². The molecule has 6 heteroatoms. The predicted octanol–water partition coefficient (Wildman–Crippen LogP) is 1.83. The Bertz CT molecular complexity index is 282. The smallest absolute Gasteiger partial charge is 0.255 e. The van der Waals surface area contributed by atoms with Crippen LogP contribution in [-0.4, -0.2) is 30.0 Å². The maximum Gasteiger partial charge on any atom is 0.255 e. The first kappa shape index (κ1) is 10.1. The summed E-state index contributed by atoms with van der Waals surface area (Å²) in [6, 6.07) is 1.52. The highest BCUT2D eigenvalue weighted by molar-refractivity contribution is 6.28. The van der Waals surface area contributed by atoms with E-state index in [-0.39, 0.29) is 11.8 Å². The Morgan fingerprint density at radius 2 is 2.31 bits per heavy atom. The second kappa shape index (κ2) is 4.32. The summed E-state index contributed by atoms with van der Waals surface area (Å²) in [6.07, 6.45) is -0.967. The average molecular weight is 208 g/mol. The van der Waals surface area contributed by atoms with Crippen LogP contribution in [0.3, 0.4) is 0 Å². The zero-order chi connectivity index (χ0) is 9.84. The van der Waals surface area contributed by atoms with Crippen LogP contribution in [0.4, 0.5) is 14.6 Å². The first-order valence-electron chi connectivity index (χ1n) is 3.57. The van der Waals surface area contributed by atoms with Crippen LogP contribution in [0.25, 0.3) is 0 Å². The number of aromatic nitrogens is 2. The van der Waals surface area contributed by atoms with Gasteiger partial charge in [0.15, 0.2) is 0 Å². The number of nitrogens with zero attached hydrogens (tertiary/aromatic N) is 3. The first-order chi connectivity index (χ1) is 6.09. The Morgan fingerprint density at radius 3 is 2.85 bits per heavy atom. The molecule has 1 rings (SSSR count). The zero-order valence-corrected chi connectivity index (χ0v) is 7.67. The molecule has 0 unspecified atom stereocenters. The molecule has 0 aliphatic rings. The zero-order valence-electron chi connectivity index (χ0n) is 6.91. The SMILES string of the molecule is CN(CC(F)F)c1ccnc(Cl)n1. The van der Waals surface area contributed by atoms with Crippen molar-refractivity contribution in [1.82, 2.24) is 9.97 Å². The van der Waals surface area contributed by atoms with Crippen LogP contribution in [0.15, 0.2) is 12.3 Å². The Labute approximate surface area is 79.4 Å². The lowest BCUT2D eigenvalue weighted by Crippen LogP contribution is -2.24. The molecule has 0 aliphatic carbocycles. The van der Waals surface area contributed by atoms with Gasteiger partial charge in [0.1, 0.15) is 5.82 Å². The van der Waals surface area contributed by atoms with Crippen LogP contribution in [0.1, 0.15) is 0 Å².